The fraction of sp³-hybridized carbons (Fsp3) is 0.462. The normalized spacial score (nSPS) is 17.5. The maximum Gasteiger partial charge on any atom is 0.287 e. The van der Waals surface area contributed by atoms with Gasteiger partial charge in [-0.25, -0.2) is 0 Å². The topological polar surface area (TPSA) is 88.2 Å². The molecule has 1 aliphatic rings. The van der Waals surface area contributed by atoms with Gasteiger partial charge in [-0.1, -0.05) is 0 Å². The summed E-state index contributed by atoms with van der Waals surface area (Å²) in [7, 11) is 0. The average molecular weight is 261 g/mol. The lowest BCUT2D eigenvalue weighted by atomic mass is 9.92. The molecule has 0 atom stereocenters. The second kappa shape index (κ2) is 5.24. The molecule has 0 aromatic heterocycles. The van der Waals surface area contributed by atoms with E-state index < -0.39 is 4.92 Å². The van der Waals surface area contributed by atoms with E-state index in [4.69, 9.17) is 10.00 Å². The minimum atomic E-state index is -0.543. The summed E-state index contributed by atoms with van der Waals surface area (Å²) in [6.45, 7) is 3.48. The Morgan fingerprint density at radius 2 is 2.16 bits per heavy atom. The number of anilines is 1. The van der Waals surface area contributed by atoms with Crippen molar-refractivity contribution in [3.8, 4) is 6.07 Å². The molecule has 0 radical (unpaired) electrons. The second-order valence-electron chi connectivity index (χ2n) is 4.90. The molecule has 1 heterocycles. The SMILES string of the molecule is CC1(Nc2ccc([N+](=O)[O-])c(C#N)c2)CCOCC1. The van der Waals surface area contributed by atoms with Crippen molar-refractivity contribution in [3.05, 3.63) is 33.9 Å². The lowest BCUT2D eigenvalue weighted by molar-refractivity contribution is -0.385. The van der Waals surface area contributed by atoms with Gasteiger partial charge in [0.05, 0.1) is 4.92 Å². The maximum absolute atomic E-state index is 10.8. The third-order valence-corrected chi connectivity index (χ3v) is 3.36. The van der Waals surface area contributed by atoms with E-state index in [2.05, 4.69) is 12.2 Å². The van der Waals surface area contributed by atoms with Crippen molar-refractivity contribution in [1.29, 1.82) is 5.26 Å². The summed E-state index contributed by atoms with van der Waals surface area (Å²) >= 11 is 0. The molecule has 0 unspecified atom stereocenters. The number of nitriles is 1. The lowest BCUT2D eigenvalue weighted by Gasteiger charge is -2.35. The molecular formula is C13H15N3O3. The molecule has 0 bridgehead atoms. The highest BCUT2D eigenvalue weighted by Crippen LogP contribution is 2.28. The first-order chi connectivity index (χ1) is 9.04. The van der Waals surface area contributed by atoms with E-state index >= 15 is 0 Å². The molecule has 0 aliphatic carbocycles. The van der Waals surface area contributed by atoms with Gasteiger partial charge in [-0.2, -0.15) is 5.26 Å². The van der Waals surface area contributed by atoms with Gasteiger partial charge in [0.2, 0.25) is 0 Å². The third-order valence-electron chi connectivity index (χ3n) is 3.36. The number of hydrogen-bond donors (Lipinski definition) is 1. The second-order valence-corrected chi connectivity index (χ2v) is 4.90. The minimum Gasteiger partial charge on any atom is -0.381 e. The molecule has 100 valence electrons. The number of nitrogens with one attached hydrogen (secondary N) is 1. The molecule has 1 N–H and O–H groups in total. The smallest absolute Gasteiger partial charge is 0.287 e. The average Bonchev–Trinajstić information content (AvgIpc) is 2.38. The van der Waals surface area contributed by atoms with E-state index in [0.29, 0.717) is 13.2 Å². The van der Waals surface area contributed by atoms with E-state index in [1.54, 1.807) is 6.07 Å². The van der Waals surface area contributed by atoms with Crippen LogP contribution in [0, 0.1) is 21.4 Å². The van der Waals surface area contributed by atoms with Crippen LogP contribution in [-0.4, -0.2) is 23.7 Å². The Balaban J connectivity index is 2.22. The first-order valence-electron chi connectivity index (χ1n) is 6.08. The van der Waals surface area contributed by atoms with Crippen LogP contribution in [0.25, 0.3) is 0 Å². The summed E-state index contributed by atoms with van der Waals surface area (Å²) in [5.74, 6) is 0. The Labute approximate surface area is 111 Å². The molecule has 2 rings (SSSR count). The number of hydrogen-bond acceptors (Lipinski definition) is 5. The van der Waals surface area contributed by atoms with Crippen molar-refractivity contribution >= 4 is 11.4 Å². The Kier molecular flexibility index (Phi) is 3.67. The fourth-order valence-electron chi connectivity index (χ4n) is 2.16. The highest BCUT2D eigenvalue weighted by molar-refractivity contribution is 5.59. The van der Waals surface area contributed by atoms with Crippen molar-refractivity contribution in [2.75, 3.05) is 18.5 Å². The standard InChI is InChI=1S/C13H15N3O3/c1-13(4-6-19-7-5-13)15-11-2-3-12(16(17)18)10(8-11)9-14/h2-3,8,15H,4-7H2,1H3. The molecule has 1 fully saturated rings. The van der Waals surface area contributed by atoms with E-state index in [9.17, 15) is 10.1 Å². The summed E-state index contributed by atoms with van der Waals surface area (Å²) < 4.78 is 5.32. The van der Waals surface area contributed by atoms with Gasteiger partial charge >= 0.3 is 0 Å². The van der Waals surface area contributed by atoms with Crippen molar-refractivity contribution in [1.82, 2.24) is 0 Å². The van der Waals surface area contributed by atoms with Gasteiger partial charge in [0.15, 0.2) is 0 Å². The van der Waals surface area contributed by atoms with Gasteiger partial charge in [0.1, 0.15) is 11.6 Å². The van der Waals surface area contributed by atoms with Crippen molar-refractivity contribution in [2.24, 2.45) is 0 Å². The summed E-state index contributed by atoms with van der Waals surface area (Å²) in [6, 6.07) is 6.39. The molecule has 1 aromatic carbocycles. The summed E-state index contributed by atoms with van der Waals surface area (Å²) in [4.78, 5) is 10.2. The van der Waals surface area contributed by atoms with Gasteiger partial charge in [-0.05, 0) is 31.9 Å². The van der Waals surface area contributed by atoms with Gasteiger partial charge in [0.25, 0.3) is 5.69 Å². The molecule has 1 saturated heterocycles. The van der Waals surface area contributed by atoms with Crippen LogP contribution in [-0.2, 0) is 4.74 Å². The van der Waals surface area contributed by atoms with Crippen LogP contribution in [0.1, 0.15) is 25.3 Å². The number of nitro benzene ring substituents is 1. The third kappa shape index (κ3) is 3.01. The number of rotatable bonds is 3. The molecule has 1 aliphatic heterocycles. The Morgan fingerprint density at radius 1 is 1.47 bits per heavy atom. The van der Waals surface area contributed by atoms with Crippen molar-refractivity contribution in [2.45, 2.75) is 25.3 Å². The van der Waals surface area contributed by atoms with Crippen molar-refractivity contribution in [3.63, 3.8) is 0 Å². The summed E-state index contributed by atoms with van der Waals surface area (Å²) in [6.07, 6.45) is 1.73. The molecule has 19 heavy (non-hydrogen) atoms. The van der Waals surface area contributed by atoms with Crippen LogP contribution < -0.4 is 5.32 Å². The largest absolute Gasteiger partial charge is 0.381 e. The molecular weight excluding hydrogens is 246 g/mol. The van der Waals surface area contributed by atoms with Gasteiger partial charge in [-0.15, -0.1) is 0 Å². The molecule has 0 spiro atoms. The van der Waals surface area contributed by atoms with Crippen LogP contribution in [0.4, 0.5) is 11.4 Å². The van der Waals surface area contributed by atoms with Crippen molar-refractivity contribution < 1.29 is 9.66 Å². The van der Waals surface area contributed by atoms with Crippen LogP contribution in [0.2, 0.25) is 0 Å². The summed E-state index contributed by atoms with van der Waals surface area (Å²) in [5, 5.41) is 23.1. The predicted octanol–water partition coefficient (Wildman–Crippen LogP) is 2.45. The quantitative estimate of drug-likeness (QED) is 0.666. The zero-order chi connectivity index (χ0) is 13.9. The molecule has 0 saturated carbocycles. The van der Waals surface area contributed by atoms with Crippen LogP contribution in [0.3, 0.4) is 0 Å². The monoisotopic (exact) mass is 261 g/mol. The number of ether oxygens (including phenoxy) is 1. The summed E-state index contributed by atoms with van der Waals surface area (Å²) in [5.41, 5.74) is 0.545. The van der Waals surface area contributed by atoms with Crippen LogP contribution in [0.5, 0.6) is 0 Å². The molecule has 1 aromatic rings. The lowest BCUT2D eigenvalue weighted by Crippen LogP contribution is -2.40. The van der Waals surface area contributed by atoms with E-state index in [0.717, 1.165) is 18.5 Å². The van der Waals surface area contributed by atoms with E-state index in [1.165, 1.54) is 12.1 Å². The highest BCUT2D eigenvalue weighted by Gasteiger charge is 2.27. The van der Waals surface area contributed by atoms with Crippen LogP contribution >= 0.6 is 0 Å². The van der Waals surface area contributed by atoms with Crippen LogP contribution in [0.15, 0.2) is 18.2 Å². The maximum atomic E-state index is 10.8. The van der Waals surface area contributed by atoms with E-state index in [1.807, 2.05) is 6.07 Å². The zero-order valence-corrected chi connectivity index (χ0v) is 10.7. The fourth-order valence-corrected chi connectivity index (χ4v) is 2.16. The zero-order valence-electron chi connectivity index (χ0n) is 10.7. The minimum absolute atomic E-state index is 0.0747. The number of nitrogens with zero attached hydrogens (tertiary/aromatic N) is 2. The van der Waals surface area contributed by atoms with Gasteiger partial charge in [-0.3, -0.25) is 10.1 Å². The Morgan fingerprint density at radius 3 is 2.74 bits per heavy atom. The predicted molar refractivity (Wildman–Crippen MR) is 69.9 cm³/mol. The molecule has 6 heteroatoms. The molecule has 6 nitrogen and oxygen atoms in total. The first kappa shape index (κ1) is 13.3. The molecule has 0 amide bonds. The Bertz CT molecular complexity index is 530. The Hall–Kier alpha value is -2.13. The van der Waals surface area contributed by atoms with Gasteiger partial charge in [0, 0.05) is 30.5 Å². The number of nitro groups is 1. The first-order valence-corrected chi connectivity index (χ1v) is 6.08. The number of benzene rings is 1. The van der Waals surface area contributed by atoms with Gasteiger partial charge < -0.3 is 10.1 Å². The highest BCUT2D eigenvalue weighted by atomic mass is 16.6. The van der Waals surface area contributed by atoms with E-state index in [-0.39, 0.29) is 16.8 Å².